The molecule has 2 amide bonds. The maximum atomic E-state index is 13.0. The van der Waals surface area contributed by atoms with E-state index in [1.807, 2.05) is 27.7 Å². The Morgan fingerprint density at radius 2 is 1.89 bits per heavy atom. The van der Waals surface area contributed by atoms with E-state index >= 15 is 0 Å². The van der Waals surface area contributed by atoms with Crippen molar-refractivity contribution in [2.45, 2.75) is 39.8 Å². The number of amides is 2. The maximum Gasteiger partial charge on any atom is 0.266 e. The van der Waals surface area contributed by atoms with E-state index < -0.39 is 5.91 Å². The SMILES string of the molecule is COc1cc(/C=C2/SC(=NC(C)C)N(C(C)C)C2=O)c(Br)cc1OCC(=O)Nc1ccc(F)cc1. The molecule has 186 valence electrons. The minimum Gasteiger partial charge on any atom is -0.493 e. The van der Waals surface area contributed by atoms with Gasteiger partial charge < -0.3 is 14.8 Å². The molecular weight excluding hydrogens is 537 g/mol. The molecule has 0 radical (unpaired) electrons. The number of methoxy groups -OCH3 is 1. The second-order valence-electron chi connectivity index (χ2n) is 8.25. The Morgan fingerprint density at radius 3 is 2.49 bits per heavy atom. The minimum absolute atomic E-state index is 0.0202. The molecule has 0 spiro atoms. The van der Waals surface area contributed by atoms with Crippen molar-refractivity contribution in [1.82, 2.24) is 4.90 Å². The Balaban J connectivity index is 1.78. The molecule has 0 aliphatic carbocycles. The van der Waals surface area contributed by atoms with Crippen molar-refractivity contribution in [2.24, 2.45) is 4.99 Å². The number of hydrogen-bond acceptors (Lipinski definition) is 6. The number of carbonyl (C=O) groups is 2. The van der Waals surface area contributed by atoms with Gasteiger partial charge in [0.2, 0.25) is 0 Å². The third-order valence-electron chi connectivity index (χ3n) is 4.78. The van der Waals surface area contributed by atoms with E-state index in [0.717, 1.165) is 5.56 Å². The molecule has 3 rings (SSSR count). The zero-order valence-electron chi connectivity index (χ0n) is 20.1. The summed E-state index contributed by atoms with van der Waals surface area (Å²) in [5, 5.41) is 3.32. The first-order chi connectivity index (χ1) is 16.6. The summed E-state index contributed by atoms with van der Waals surface area (Å²) in [5.41, 5.74) is 1.18. The Labute approximate surface area is 216 Å². The van der Waals surface area contributed by atoms with E-state index in [-0.39, 0.29) is 30.4 Å². The van der Waals surface area contributed by atoms with Crippen LogP contribution in [0.3, 0.4) is 0 Å². The highest BCUT2D eigenvalue weighted by atomic mass is 79.9. The van der Waals surface area contributed by atoms with Gasteiger partial charge in [0.05, 0.1) is 12.0 Å². The molecule has 1 aliphatic rings. The average Bonchev–Trinajstić information content (AvgIpc) is 3.09. The quantitative estimate of drug-likeness (QED) is 0.416. The Kier molecular flexibility index (Phi) is 8.96. The van der Waals surface area contributed by atoms with Gasteiger partial charge in [-0.1, -0.05) is 15.9 Å². The van der Waals surface area contributed by atoms with Gasteiger partial charge in [-0.2, -0.15) is 0 Å². The molecule has 1 heterocycles. The summed E-state index contributed by atoms with van der Waals surface area (Å²) in [6.07, 6.45) is 1.78. The van der Waals surface area contributed by atoms with Crippen LogP contribution >= 0.6 is 27.7 Å². The number of thioether (sulfide) groups is 1. The molecule has 1 N–H and O–H groups in total. The third-order valence-corrected chi connectivity index (χ3v) is 6.46. The van der Waals surface area contributed by atoms with Crippen LogP contribution in [0.25, 0.3) is 6.08 Å². The van der Waals surface area contributed by atoms with Crippen molar-refractivity contribution in [3.05, 3.63) is 57.2 Å². The molecule has 0 unspecified atom stereocenters. The molecule has 35 heavy (non-hydrogen) atoms. The smallest absolute Gasteiger partial charge is 0.266 e. The second-order valence-corrected chi connectivity index (χ2v) is 10.1. The molecule has 0 aromatic heterocycles. The van der Waals surface area contributed by atoms with Gasteiger partial charge in [0.1, 0.15) is 5.82 Å². The Morgan fingerprint density at radius 1 is 1.20 bits per heavy atom. The molecule has 1 aliphatic heterocycles. The number of aliphatic imine (C=N–C) groups is 1. The van der Waals surface area contributed by atoms with Crippen LogP contribution < -0.4 is 14.8 Å². The molecule has 1 fully saturated rings. The lowest BCUT2D eigenvalue weighted by Crippen LogP contribution is -2.35. The first-order valence-corrected chi connectivity index (χ1v) is 12.6. The van der Waals surface area contributed by atoms with Crippen LogP contribution in [-0.4, -0.2) is 47.7 Å². The number of benzene rings is 2. The normalized spacial score (nSPS) is 16.0. The van der Waals surface area contributed by atoms with Crippen molar-refractivity contribution in [2.75, 3.05) is 19.0 Å². The molecule has 0 bridgehead atoms. The summed E-state index contributed by atoms with van der Waals surface area (Å²) < 4.78 is 24.8. The molecule has 2 aromatic carbocycles. The van der Waals surface area contributed by atoms with Gasteiger partial charge in [-0.3, -0.25) is 19.5 Å². The van der Waals surface area contributed by atoms with E-state index in [9.17, 15) is 14.0 Å². The number of amidine groups is 1. The van der Waals surface area contributed by atoms with Crippen molar-refractivity contribution < 1.29 is 23.5 Å². The van der Waals surface area contributed by atoms with Crippen LogP contribution in [0.15, 0.2) is 50.8 Å². The van der Waals surface area contributed by atoms with E-state index in [2.05, 4.69) is 26.2 Å². The number of nitrogens with one attached hydrogen (secondary N) is 1. The van der Waals surface area contributed by atoms with Gasteiger partial charge in [0, 0.05) is 22.2 Å². The van der Waals surface area contributed by atoms with E-state index in [0.29, 0.717) is 31.7 Å². The van der Waals surface area contributed by atoms with Gasteiger partial charge in [-0.05, 0) is 87.5 Å². The fraction of sp³-hybridized carbons (Fsp3) is 0.320. The zero-order chi connectivity index (χ0) is 25.7. The van der Waals surface area contributed by atoms with Crippen LogP contribution in [-0.2, 0) is 9.59 Å². The maximum absolute atomic E-state index is 13.0. The van der Waals surface area contributed by atoms with Crippen LogP contribution in [0.4, 0.5) is 10.1 Å². The predicted octanol–water partition coefficient (Wildman–Crippen LogP) is 5.70. The lowest BCUT2D eigenvalue weighted by atomic mass is 10.1. The molecule has 10 heteroatoms. The van der Waals surface area contributed by atoms with E-state index in [1.54, 1.807) is 23.1 Å². The predicted molar refractivity (Wildman–Crippen MR) is 141 cm³/mol. The highest BCUT2D eigenvalue weighted by Crippen LogP contribution is 2.38. The van der Waals surface area contributed by atoms with Gasteiger partial charge >= 0.3 is 0 Å². The lowest BCUT2D eigenvalue weighted by Gasteiger charge is -2.20. The number of carbonyl (C=O) groups excluding carboxylic acids is 2. The van der Waals surface area contributed by atoms with E-state index in [1.165, 1.54) is 43.1 Å². The van der Waals surface area contributed by atoms with Crippen LogP contribution in [0, 0.1) is 5.82 Å². The van der Waals surface area contributed by atoms with Crippen LogP contribution in [0.5, 0.6) is 11.5 Å². The van der Waals surface area contributed by atoms with Gasteiger partial charge in [-0.15, -0.1) is 0 Å². The number of hydrogen-bond donors (Lipinski definition) is 1. The number of ether oxygens (including phenoxy) is 2. The summed E-state index contributed by atoms with van der Waals surface area (Å²) in [5.74, 6) is -0.136. The van der Waals surface area contributed by atoms with Crippen molar-refractivity contribution in [3.8, 4) is 11.5 Å². The van der Waals surface area contributed by atoms with Crippen LogP contribution in [0.1, 0.15) is 33.3 Å². The topological polar surface area (TPSA) is 80.2 Å². The molecule has 0 saturated carbocycles. The van der Waals surface area contributed by atoms with E-state index in [4.69, 9.17) is 9.47 Å². The van der Waals surface area contributed by atoms with Crippen molar-refractivity contribution >= 4 is 56.4 Å². The van der Waals surface area contributed by atoms with Gasteiger partial charge in [0.15, 0.2) is 23.3 Å². The molecule has 1 saturated heterocycles. The molecular formula is C25H27BrFN3O4S. The standard InChI is InChI=1S/C25H27BrFN3O4S/c1-14(2)28-25-30(15(3)4)24(32)22(35-25)11-16-10-20(33-5)21(12-19(16)26)34-13-23(31)29-18-8-6-17(27)7-9-18/h6-12,14-15H,13H2,1-5H3,(H,29,31)/b22-11+,28-25?. The zero-order valence-corrected chi connectivity index (χ0v) is 22.5. The summed E-state index contributed by atoms with van der Waals surface area (Å²) in [4.78, 5) is 32.1. The Bertz CT molecular complexity index is 1170. The first kappa shape index (κ1) is 26.7. The average molecular weight is 564 g/mol. The number of nitrogens with zero attached hydrogens (tertiary/aromatic N) is 2. The Hall–Kier alpha value is -2.85. The largest absolute Gasteiger partial charge is 0.493 e. The molecule has 0 atom stereocenters. The van der Waals surface area contributed by atoms with Crippen LogP contribution in [0.2, 0.25) is 0 Å². The summed E-state index contributed by atoms with van der Waals surface area (Å²) in [7, 11) is 1.50. The second kappa shape index (κ2) is 11.7. The minimum atomic E-state index is -0.403. The summed E-state index contributed by atoms with van der Waals surface area (Å²) in [6, 6.07) is 8.91. The number of halogens is 2. The first-order valence-electron chi connectivity index (χ1n) is 11.0. The van der Waals surface area contributed by atoms with Gasteiger partial charge in [0.25, 0.3) is 11.8 Å². The fourth-order valence-electron chi connectivity index (χ4n) is 3.20. The van der Waals surface area contributed by atoms with Crippen molar-refractivity contribution in [1.29, 1.82) is 0 Å². The van der Waals surface area contributed by atoms with Crippen molar-refractivity contribution in [3.63, 3.8) is 0 Å². The number of anilines is 1. The highest BCUT2D eigenvalue weighted by Gasteiger charge is 2.35. The molecule has 2 aromatic rings. The number of rotatable bonds is 8. The summed E-state index contributed by atoms with van der Waals surface area (Å²) in [6.45, 7) is 7.58. The summed E-state index contributed by atoms with van der Waals surface area (Å²) >= 11 is 4.86. The highest BCUT2D eigenvalue weighted by molar-refractivity contribution is 9.10. The molecule has 7 nitrogen and oxygen atoms in total. The van der Waals surface area contributed by atoms with Gasteiger partial charge in [-0.25, -0.2) is 4.39 Å². The fourth-order valence-corrected chi connectivity index (χ4v) is 4.86. The third kappa shape index (κ3) is 6.85. The lowest BCUT2D eigenvalue weighted by molar-refractivity contribution is -0.123. The monoisotopic (exact) mass is 563 g/mol.